The van der Waals surface area contributed by atoms with Crippen molar-refractivity contribution in [1.29, 1.82) is 0 Å². The Morgan fingerprint density at radius 3 is 1.92 bits per heavy atom. The number of pyridine rings is 1. The lowest BCUT2D eigenvalue weighted by molar-refractivity contribution is 0.483. The molecule has 10 aromatic carbocycles. The molecule has 0 bridgehead atoms. The van der Waals surface area contributed by atoms with Crippen LogP contribution in [0.1, 0.15) is 26.3 Å². The molecule has 79 heavy (non-hydrogen) atoms. The highest BCUT2D eigenvalue weighted by atomic mass is 28.3. The minimum Gasteiger partial charge on any atom is -0.457 e. The number of aromatic nitrogens is 3. The maximum absolute atomic E-state index is 7.22. The molecule has 0 spiro atoms. The Hall–Kier alpha value is -9.43. The molecule has 0 amide bonds. The summed E-state index contributed by atoms with van der Waals surface area (Å²) < 4.78 is 12.1. The van der Waals surface area contributed by atoms with Gasteiger partial charge in [-0.1, -0.05) is 186 Å². The molecule has 376 valence electrons. The van der Waals surface area contributed by atoms with Crippen molar-refractivity contribution in [2.45, 2.75) is 39.3 Å². The molecule has 6 nitrogen and oxygen atoms in total. The fourth-order valence-electron chi connectivity index (χ4n) is 14.2. The molecular weight excluding hydrogens is 979 g/mol. The minimum absolute atomic E-state index is 0.0819. The van der Waals surface area contributed by atoms with Crippen molar-refractivity contribution in [2.24, 2.45) is 0 Å². The summed E-state index contributed by atoms with van der Waals surface area (Å²) in [6.45, 7) is 12.5. The van der Waals surface area contributed by atoms with E-state index in [1.807, 2.05) is 6.20 Å². The molecule has 0 saturated heterocycles. The summed E-state index contributed by atoms with van der Waals surface area (Å²) in [6.07, 6.45) is 1.97. The normalized spacial score (nSPS) is 14.1. The van der Waals surface area contributed by atoms with E-state index in [1.54, 1.807) is 0 Å². The number of rotatable bonds is 4. The molecule has 4 aliphatic heterocycles. The standard InChI is InChI=1S/C72H53N5OSi/c1-72(2,3)44-37-38-73-65(39-44)76-59-33-34-60-66(52-23-12-11-21-50(52)54-26-16-27-55-51-22-13-14-28-58(51)77(60)69(54)55)67(59)57-31-29-45(40-61(57)76)78-46-30-35-63-62(41-46)74-42-75-68-47(43-17-7-6-8-18-43)24-15-25-53(68)48-19-9-10-20-49(48)56-32-36-64(79(63,4)5)71(74)70(56)75/h6-41H,42H2,1-5H3. The van der Waals surface area contributed by atoms with Crippen LogP contribution in [-0.2, 0) is 5.41 Å². The summed E-state index contributed by atoms with van der Waals surface area (Å²) in [5.41, 5.74) is 24.4. The van der Waals surface area contributed by atoms with Crippen molar-refractivity contribution >= 4 is 84.8 Å². The summed E-state index contributed by atoms with van der Waals surface area (Å²) >= 11 is 0. The van der Waals surface area contributed by atoms with Crippen LogP contribution in [0.2, 0.25) is 13.1 Å². The van der Waals surface area contributed by atoms with Crippen LogP contribution in [0.4, 0.5) is 22.7 Å². The zero-order valence-corrected chi connectivity index (χ0v) is 45.6. The number of anilines is 4. The molecular formula is C72H53N5OSi. The van der Waals surface area contributed by atoms with Crippen molar-refractivity contribution in [3.63, 3.8) is 0 Å². The molecule has 0 unspecified atom stereocenters. The van der Waals surface area contributed by atoms with Crippen molar-refractivity contribution < 1.29 is 4.74 Å². The number of fused-ring (bicyclic) bond motifs is 19. The van der Waals surface area contributed by atoms with Gasteiger partial charge in [0.25, 0.3) is 0 Å². The van der Waals surface area contributed by atoms with Crippen molar-refractivity contribution in [1.82, 2.24) is 14.1 Å². The zero-order chi connectivity index (χ0) is 52.6. The van der Waals surface area contributed by atoms with Crippen LogP contribution in [0, 0.1) is 0 Å². The average Bonchev–Trinajstić information content (AvgIpc) is 4.12. The molecule has 0 radical (unpaired) electrons. The van der Waals surface area contributed by atoms with E-state index in [-0.39, 0.29) is 5.41 Å². The fourth-order valence-corrected chi connectivity index (χ4v) is 17.2. The predicted octanol–water partition coefficient (Wildman–Crippen LogP) is 17.7. The van der Waals surface area contributed by atoms with Crippen LogP contribution < -0.4 is 24.9 Å². The highest BCUT2D eigenvalue weighted by Crippen LogP contribution is 2.59. The fraction of sp³-hybridized carbons (Fsp3) is 0.0972. The maximum atomic E-state index is 7.22. The molecule has 17 rings (SSSR count). The SMILES string of the molecule is CC(C)(C)c1ccnc(-n2c3cc(Oc4ccc5c(c4)N4CN6c7c(-c8ccccc8)cccc7-c7ccccc7-c7ccc(c4c76)[Si]5(C)C)ccc3c3c4c(ccc32)-n2c3ccccc3c3cccc(c32)-c2ccccc2-4)c1. The average molecular weight is 1030 g/mol. The quantitative estimate of drug-likeness (QED) is 0.165. The summed E-state index contributed by atoms with van der Waals surface area (Å²) in [5, 5.41) is 7.73. The molecule has 0 aliphatic carbocycles. The van der Waals surface area contributed by atoms with Gasteiger partial charge in [0.15, 0.2) is 0 Å². The molecule has 0 N–H and O–H groups in total. The van der Waals surface area contributed by atoms with Gasteiger partial charge in [-0.25, -0.2) is 4.98 Å². The van der Waals surface area contributed by atoms with Gasteiger partial charge in [0.2, 0.25) is 0 Å². The van der Waals surface area contributed by atoms with Crippen LogP contribution in [0.25, 0.3) is 111 Å². The molecule has 0 saturated carbocycles. The minimum atomic E-state index is -2.24. The van der Waals surface area contributed by atoms with Gasteiger partial charge in [0, 0.05) is 73.4 Å². The number of ether oxygens (including phenoxy) is 1. The third kappa shape index (κ3) is 6.08. The third-order valence-electron chi connectivity index (χ3n) is 17.9. The Labute approximate surface area is 459 Å². The first-order valence-electron chi connectivity index (χ1n) is 27.6. The number of para-hydroxylation sites is 3. The Morgan fingerprint density at radius 1 is 0.443 bits per heavy atom. The summed E-state index contributed by atoms with van der Waals surface area (Å²) in [5.74, 6) is 2.46. The molecule has 4 aliphatic rings. The first kappa shape index (κ1) is 44.7. The van der Waals surface area contributed by atoms with Crippen molar-refractivity contribution in [3.8, 4) is 78.6 Å². The zero-order valence-electron chi connectivity index (χ0n) is 44.6. The molecule has 7 heterocycles. The number of hydrogen-bond acceptors (Lipinski definition) is 4. The molecule has 0 atom stereocenters. The Bertz CT molecular complexity index is 4830. The Balaban J connectivity index is 0.856. The van der Waals surface area contributed by atoms with Gasteiger partial charge in [0.1, 0.15) is 32.1 Å². The van der Waals surface area contributed by atoms with E-state index in [0.29, 0.717) is 6.67 Å². The summed E-state index contributed by atoms with van der Waals surface area (Å²) in [7, 11) is -2.24. The Morgan fingerprint density at radius 2 is 1.10 bits per heavy atom. The van der Waals surface area contributed by atoms with Crippen molar-refractivity contribution in [3.05, 3.63) is 224 Å². The van der Waals surface area contributed by atoms with Crippen molar-refractivity contribution in [2.75, 3.05) is 16.5 Å². The Kier molecular flexibility index (Phi) is 8.96. The number of nitrogens with zero attached hydrogens (tertiary/aromatic N) is 5. The third-order valence-corrected chi connectivity index (χ3v) is 21.4. The maximum Gasteiger partial charge on any atom is 0.137 e. The van der Waals surface area contributed by atoms with E-state index in [9.17, 15) is 0 Å². The first-order valence-corrected chi connectivity index (χ1v) is 30.6. The van der Waals surface area contributed by atoms with Gasteiger partial charge in [-0.05, 0) is 97.7 Å². The van der Waals surface area contributed by atoms with Gasteiger partial charge in [-0.15, -0.1) is 0 Å². The monoisotopic (exact) mass is 1030 g/mol. The molecule has 0 fully saturated rings. The molecule has 3 aromatic heterocycles. The lowest BCUT2D eigenvalue weighted by Crippen LogP contribution is -2.58. The van der Waals surface area contributed by atoms with Gasteiger partial charge in [-0.3, -0.25) is 4.57 Å². The van der Waals surface area contributed by atoms with Crippen LogP contribution in [0.3, 0.4) is 0 Å². The number of benzene rings is 10. The number of hydrogen-bond donors (Lipinski definition) is 0. The topological polar surface area (TPSA) is 38.5 Å². The van der Waals surface area contributed by atoms with E-state index < -0.39 is 8.07 Å². The first-order chi connectivity index (χ1) is 38.6. The van der Waals surface area contributed by atoms with Gasteiger partial charge in [0.05, 0.1) is 44.8 Å². The van der Waals surface area contributed by atoms with Gasteiger partial charge >= 0.3 is 0 Å². The van der Waals surface area contributed by atoms with E-state index >= 15 is 0 Å². The van der Waals surface area contributed by atoms with E-state index in [0.717, 1.165) is 33.7 Å². The highest BCUT2D eigenvalue weighted by molar-refractivity contribution is 7.03. The van der Waals surface area contributed by atoms with Gasteiger partial charge < -0.3 is 19.1 Å². The van der Waals surface area contributed by atoms with Crippen LogP contribution in [0.15, 0.2) is 219 Å². The van der Waals surface area contributed by atoms with Crippen LogP contribution in [-0.4, -0.2) is 28.9 Å². The summed E-state index contributed by atoms with van der Waals surface area (Å²) in [4.78, 5) is 10.4. The van der Waals surface area contributed by atoms with Crippen LogP contribution in [0.5, 0.6) is 11.5 Å². The molecule has 13 aromatic rings. The predicted molar refractivity (Wildman–Crippen MR) is 331 cm³/mol. The summed E-state index contributed by atoms with van der Waals surface area (Å²) in [6, 6.07) is 78.9. The molecule has 7 heteroatoms. The second kappa shape index (κ2) is 15.8. The van der Waals surface area contributed by atoms with E-state index in [1.165, 1.54) is 127 Å². The second-order valence-electron chi connectivity index (χ2n) is 23.5. The highest BCUT2D eigenvalue weighted by Gasteiger charge is 2.46. The lowest BCUT2D eigenvalue weighted by atomic mass is 9.88. The van der Waals surface area contributed by atoms with Crippen LogP contribution >= 0.6 is 0 Å². The lowest BCUT2D eigenvalue weighted by Gasteiger charge is -2.38. The largest absolute Gasteiger partial charge is 0.457 e. The van der Waals surface area contributed by atoms with Gasteiger partial charge in [-0.2, -0.15) is 0 Å². The second-order valence-corrected chi connectivity index (χ2v) is 27.8. The van der Waals surface area contributed by atoms with E-state index in [2.05, 4.69) is 265 Å². The smallest absolute Gasteiger partial charge is 0.137 e. The van der Waals surface area contributed by atoms with E-state index in [4.69, 9.17) is 9.72 Å².